The van der Waals surface area contributed by atoms with E-state index in [4.69, 9.17) is 13.7 Å². The zero-order valence-corrected chi connectivity index (χ0v) is 35.5. The fourth-order valence-electron chi connectivity index (χ4n) is 6.67. The fraction of sp³-hybridized carbons (Fsp3) is 0.775. The number of non-ortho nitro benzene ring substituents is 1. The monoisotopic (exact) mass is 842 g/mol. The smallest absolute Gasteiger partial charge is 0.330 e. The Kier molecular flexibility index (Phi) is 26.7. The minimum Gasteiger partial charge on any atom is -0.387 e. The van der Waals surface area contributed by atoms with Crippen LogP contribution in [0.2, 0.25) is 0 Å². The minimum atomic E-state index is -3.34. The third-order valence-electron chi connectivity index (χ3n) is 9.95. The first-order valence-corrected chi connectivity index (χ1v) is 23.5. The van der Waals surface area contributed by atoms with E-state index in [2.05, 4.69) is 38.5 Å². The SMILES string of the molecule is CCCCCCCCCCCCCCCC(=O)N[C@@H](CCP(=O)(OC)OCCBr)[C@H](O)/C=C/CCCCCCCCCc1ccc([N+](=O)[O-])c2nonc12. The second-order valence-electron chi connectivity index (χ2n) is 14.4. The van der Waals surface area contributed by atoms with Crippen LogP contribution in [-0.2, 0) is 24.8 Å². The van der Waals surface area contributed by atoms with Crippen LogP contribution in [0, 0.1) is 10.1 Å². The highest BCUT2D eigenvalue weighted by Gasteiger charge is 2.28. The largest absolute Gasteiger partial charge is 0.387 e. The molecule has 2 aromatic rings. The van der Waals surface area contributed by atoms with E-state index in [-0.39, 0.29) is 36.3 Å². The van der Waals surface area contributed by atoms with Crippen molar-refractivity contribution in [1.82, 2.24) is 15.6 Å². The Labute approximate surface area is 332 Å². The van der Waals surface area contributed by atoms with Crippen LogP contribution < -0.4 is 5.32 Å². The number of nitrogens with zero attached hydrogens (tertiary/aromatic N) is 3. The zero-order chi connectivity index (χ0) is 39.3. The normalized spacial score (nSPS) is 14.1. The molecule has 54 heavy (non-hydrogen) atoms. The van der Waals surface area contributed by atoms with Gasteiger partial charge in [-0.05, 0) is 60.5 Å². The summed E-state index contributed by atoms with van der Waals surface area (Å²) in [6.45, 7) is 2.50. The molecule has 0 saturated carbocycles. The topological polar surface area (TPSA) is 167 Å². The summed E-state index contributed by atoms with van der Waals surface area (Å²) in [6.07, 6.45) is 28.8. The van der Waals surface area contributed by atoms with Crippen molar-refractivity contribution in [1.29, 1.82) is 0 Å². The molecule has 12 nitrogen and oxygen atoms in total. The van der Waals surface area contributed by atoms with Crippen LogP contribution in [0.1, 0.15) is 160 Å². The van der Waals surface area contributed by atoms with Crippen LogP contribution in [-0.4, -0.2) is 63.6 Å². The number of aromatic nitrogens is 2. The maximum atomic E-state index is 13.0. The van der Waals surface area contributed by atoms with Crippen LogP contribution in [0.15, 0.2) is 28.9 Å². The number of nitro benzene ring substituents is 1. The number of unbranched alkanes of at least 4 members (excludes halogenated alkanes) is 19. The molecule has 3 atom stereocenters. The lowest BCUT2D eigenvalue weighted by Crippen LogP contribution is -2.43. The maximum Gasteiger partial charge on any atom is 0.330 e. The summed E-state index contributed by atoms with van der Waals surface area (Å²) < 4.78 is 28.5. The molecule has 14 heteroatoms. The molecule has 0 aliphatic rings. The second kappa shape index (κ2) is 30.0. The number of carbonyl (C=O) groups is 1. The Morgan fingerprint density at radius 3 is 2.09 bits per heavy atom. The van der Waals surface area contributed by atoms with E-state index in [0.29, 0.717) is 17.3 Å². The highest BCUT2D eigenvalue weighted by molar-refractivity contribution is 9.09. The highest BCUT2D eigenvalue weighted by atomic mass is 79.9. The minimum absolute atomic E-state index is 0.0913. The number of alkyl halides is 1. The molecule has 0 radical (unpaired) electrons. The molecule has 0 saturated heterocycles. The fourth-order valence-corrected chi connectivity index (χ4v) is 8.47. The summed E-state index contributed by atoms with van der Waals surface area (Å²) in [5.74, 6) is -0.0969. The first-order chi connectivity index (χ1) is 26.2. The summed E-state index contributed by atoms with van der Waals surface area (Å²) in [7, 11) is -1.97. The molecule has 0 spiro atoms. The number of nitro groups is 1. The van der Waals surface area contributed by atoms with Crippen LogP contribution >= 0.6 is 23.5 Å². The van der Waals surface area contributed by atoms with Crippen molar-refractivity contribution in [3.05, 3.63) is 40.0 Å². The number of halogens is 1. The number of hydrogen-bond donors (Lipinski definition) is 2. The molecule has 1 aromatic heterocycles. The van der Waals surface area contributed by atoms with E-state index >= 15 is 0 Å². The van der Waals surface area contributed by atoms with Crippen LogP contribution in [0.4, 0.5) is 5.69 Å². The van der Waals surface area contributed by atoms with Crippen molar-refractivity contribution < 1.29 is 33.1 Å². The Hall–Kier alpha value is -2.18. The van der Waals surface area contributed by atoms with Crippen LogP contribution in [0.3, 0.4) is 0 Å². The predicted octanol–water partition coefficient (Wildman–Crippen LogP) is 11.3. The number of aryl methyl sites for hydroxylation is 1. The van der Waals surface area contributed by atoms with Crippen molar-refractivity contribution >= 4 is 46.2 Å². The summed E-state index contributed by atoms with van der Waals surface area (Å²) in [5.41, 5.74) is 1.49. The van der Waals surface area contributed by atoms with Crippen molar-refractivity contribution in [3.8, 4) is 0 Å². The Balaban J connectivity index is 1.66. The Morgan fingerprint density at radius 2 is 1.50 bits per heavy atom. The molecule has 2 rings (SSSR count). The number of fused-ring (bicyclic) bond motifs is 1. The molecule has 2 N–H and O–H groups in total. The molecule has 0 aliphatic carbocycles. The summed E-state index contributed by atoms with van der Waals surface area (Å²) in [4.78, 5) is 23.6. The van der Waals surface area contributed by atoms with Gasteiger partial charge in [0.05, 0.1) is 29.8 Å². The molecular formula is C40H68BrN4O8P. The Bertz CT molecular complexity index is 1380. The molecular weight excluding hydrogens is 775 g/mol. The molecule has 0 fully saturated rings. The van der Waals surface area contributed by atoms with Gasteiger partial charge in [-0.2, -0.15) is 0 Å². The molecule has 1 heterocycles. The Morgan fingerprint density at radius 1 is 0.926 bits per heavy atom. The quantitative estimate of drug-likeness (QED) is 0.0170. The van der Waals surface area contributed by atoms with E-state index in [0.717, 1.165) is 82.6 Å². The lowest BCUT2D eigenvalue weighted by Gasteiger charge is -2.24. The standard InChI is InChI=1S/C40H68BrN4O8P/c1-3-4-5-6-7-8-9-10-11-15-18-21-24-27-38(47)42-35(30-33-54(50,51-2)52-32-31-41)37(46)26-23-20-17-14-12-13-16-19-22-25-34-28-29-36(45(48)49)40-39(34)43-53-44-40/h23,26,28-29,35,37,46H,3-22,24-25,27,30-33H2,1-2H3,(H,42,47)/b26-23+/t35-,37+,54?/m0/s1. The molecule has 0 bridgehead atoms. The summed E-state index contributed by atoms with van der Waals surface area (Å²) >= 11 is 3.28. The molecule has 1 amide bonds. The third kappa shape index (κ3) is 20.7. The zero-order valence-electron chi connectivity index (χ0n) is 33.0. The maximum absolute atomic E-state index is 13.0. The molecule has 0 aliphatic heterocycles. The van der Waals surface area contributed by atoms with E-state index in [1.54, 1.807) is 12.1 Å². The van der Waals surface area contributed by atoms with Crippen molar-refractivity contribution in [2.75, 3.05) is 25.2 Å². The van der Waals surface area contributed by atoms with E-state index in [9.17, 15) is 24.6 Å². The highest BCUT2D eigenvalue weighted by Crippen LogP contribution is 2.48. The van der Waals surface area contributed by atoms with E-state index < -0.39 is 24.7 Å². The number of nitrogens with one attached hydrogen (secondary N) is 1. The van der Waals surface area contributed by atoms with Crippen molar-refractivity contribution in [3.63, 3.8) is 0 Å². The van der Waals surface area contributed by atoms with E-state index in [1.807, 2.05) is 6.08 Å². The first kappa shape index (κ1) is 48.0. The average molecular weight is 844 g/mol. The predicted molar refractivity (Wildman–Crippen MR) is 220 cm³/mol. The van der Waals surface area contributed by atoms with Crippen LogP contribution in [0.5, 0.6) is 0 Å². The third-order valence-corrected chi connectivity index (χ3v) is 12.2. The van der Waals surface area contributed by atoms with Gasteiger partial charge in [-0.1, -0.05) is 144 Å². The van der Waals surface area contributed by atoms with Gasteiger partial charge in [0.25, 0.3) is 0 Å². The number of benzene rings is 1. The molecule has 1 unspecified atom stereocenters. The number of aliphatic hydroxyl groups excluding tert-OH is 1. The van der Waals surface area contributed by atoms with Gasteiger partial charge in [0.2, 0.25) is 11.4 Å². The van der Waals surface area contributed by atoms with Gasteiger partial charge < -0.3 is 19.5 Å². The van der Waals surface area contributed by atoms with Gasteiger partial charge >= 0.3 is 13.3 Å². The second-order valence-corrected chi connectivity index (χ2v) is 17.5. The van der Waals surface area contributed by atoms with Gasteiger partial charge in [0.15, 0.2) is 0 Å². The van der Waals surface area contributed by atoms with Gasteiger partial charge in [-0.15, -0.1) is 0 Å². The molecule has 308 valence electrons. The van der Waals surface area contributed by atoms with Gasteiger partial charge in [0.1, 0.15) is 5.52 Å². The van der Waals surface area contributed by atoms with Gasteiger partial charge in [-0.25, -0.2) is 4.63 Å². The number of amides is 1. The van der Waals surface area contributed by atoms with Gasteiger partial charge in [0, 0.05) is 24.9 Å². The van der Waals surface area contributed by atoms with Crippen LogP contribution in [0.25, 0.3) is 11.0 Å². The number of hydrogen-bond acceptors (Lipinski definition) is 10. The van der Waals surface area contributed by atoms with Crippen molar-refractivity contribution in [2.45, 2.75) is 173 Å². The number of carbonyl (C=O) groups excluding carboxylic acids is 1. The number of allylic oxidation sites excluding steroid dienone is 1. The lowest BCUT2D eigenvalue weighted by atomic mass is 10.0. The number of aliphatic hydroxyl groups is 1. The summed E-state index contributed by atoms with van der Waals surface area (Å²) in [5, 5.41) is 33.4. The van der Waals surface area contributed by atoms with Crippen molar-refractivity contribution in [2.24, 2.45) is 0 Å². The summed E-state index contributed by atoms with van der Waals surface area (Å²) in [6, 6.07) is 2.62. The lowest BCUT2D eigenvalue weighted by molar-refractivity contribution is -0.383. The van der Waals surface area contributed by atoms with E-state index in [1.165, 1.54) is 77.4 Å². The average Bonchev–Trinajstić information content (AvgIpc) is 3.67. The van der Waals surface area contributed by atoms with Gasteiger partial charge in [-0.3, -0.25) is 19.5 Å². The number of rotatable bonds is 35. The molecule has 1 aromatic carbocycles. The first-order valence-electron chi connectivity index (χ1n) is 20.6.